The SMILES string of the molecule is c1ccc(-c2nc(-c3ccccc3)nc(-c3cccc(-c4cccc(N5c6ccc7ccccc7c6-c6ccccc6-n6c5cc5ccccc56)c4)c3)n2)cc1. The average molecular weight is 716 g/mol. The molecule has 10 aromatic rings. The fourth-order valence-corrected chi connectivity index (χ4v) is 8.16. The second-order valence-corrected chi connectivity index (χ2v) is 14.1. The molecular weight excluding hydrogens is 683 g/mol. The van der Waals surface area contributed by atoms with Crippen LogP contribution in [0.4, 0.5) is 17.2 Å². The predicted octanol–water partition coefficient (Wildman–Crippen LogP) is 13.1. The van der Waals surface area contributed by atoms with Gasteiger partial charge in [-0.1, -0.05) is 158 Å². The molecule has 11 rings (SSSR count). The van der Waals surface area contributed by atoms with E-state index in [-0.39, 0.29) is 0 Å². The lowest BCUT2D eigenvalue weighted by Gasteiger charge is -2.27. The molecule has 2 aromatic heterocycles. The molecule has 0 bridgehead atoms. The number of para-hydroxylation sites is 2. The van der Waals surface area contributed by atoms with E-state index in [1.165, 1.54) is 32.8 Å². The normalized spacial score (nSPS) is 11.9. The van der Waals surface area contributed by atoms with E-state index in [2.05, 4.69) is 149 Å². The molecule has 5 nitrogen and oxygen atoms in total. The third-order valence-electron chi connectivity index (χ3n) is 10.7. The van der Waals surface area contributed by atoms with Gasteiger partial charge in [0.05, 0.1) is 16.9 Å². The van der Waals surface area contributed by atoms with Gasteiger partial charge in [0.25, 0.3) is 0 Å². The summed E-state index contributed by atoms with van der Waals surface area (Å²) in [5.74, 6) is 3.01. The summed E-state index contributed by atoms with van der Waals surface area (Å²) in [4.78, 5) is 17.4. The molecule has 0 amide bonds. The Morgan fingerprint density at radius 3 is 1.70 bits per heavy atom. The zero-order valence-electron chi connectivity index (χ0n) is 30.3. The van der Waals surface area contributed by atoms with Crippen LogP contribution in [0.25, 0.3) is 83.8 Å². The molecule has 8 aromatic carbocycles. The molecule has 56 heavy (non-hydrogen) atoms. The van der Waals surface area contributed by atoms with E-state index in [1.807, 2.05) is 60.7 Å². The fourth-order valence-electron chi connectivity index (χ4n) is 8.16. The first-order chi connectivity index (χ1) is 27.8. The first-order valence-corrected chi connectivity index (χ1v) is 18.9. The number of hydrogen-bond acceptors (Lipinski definition) is 4. The maximum absolute atomic E-state index is 5.02. The van der Waals surface area contributed by atoms with E-state index in [9.17, 15) is 0 Å². The highest BCUT2D eigenvalue weighted by Crippen LogP contribution is 2.51. The molecule has 1 aliphatic rings. The molecule has 0 fully saturated rings. The van der Waals surface area contributed by atoms with Gasteiger partial charge in [0, 0.05) is 38.9 Å². The number of aromatic nitrogens is 4. The monoisotopic (exact) mass is 715 g/mol. The van der Waals surface area contributed by atoms with Crippen LogP contribution in [-0.2, 0) is 0 Å². The Kier molecular flexibility index (Phi) is 7.42. The van der Waals surface area contributed by atoms with E-state index in [4.69, 9.17) is 15.0 Å². The minimum Gasteiger partial charge on any atom is -0.295 e. The maximum atomic E-state index is 5.02. The molecular formula is C51H33N5. The maximum Gasteiger partial charge on any atom is 0.164 e. The number of nitrogens with zero attached hydrogens (tertiary/aromatic N) is 5. The smallest absolute Gasteiger partial charge is 0.164 e. The van der Waals surface area contributed by atoms with Crippen molar-refractivity contribution in [3.63, 3.8) is 0 Å². The van der Waals surface area contributed by atoms with Crippen LogP contribution in [0.2, 0.25) is 0 Å². The summed E-state index contributed by atoms with van der Waals surface area (Å²) in [6.07, 6.45) is 0. The molecule has 0 aliphatic carbocycles. The number of hydrogen-bond donors (Lipinski definition) is 0. The highest BCUT2D eigenvalue weighted by atomic mass is 15.3. The highest BCUT2D eigenvalue weighted by molar-refractivity contribution is 6.09. The largest absolute Gasteiger partial charge is 0.295 e. The van der Waals surface area contributed by atoms with E-state index >= 15 is 0 Å². The van der Waals surface area contributed by atoms with Crippen molar-refractivity contribution in [2.45, 2.75) is 0 Å². The lowest BCUT2D eigenvalue weighted by atomic mass is 9.94. The summed E-state index contributed by atoms with van der Waals surface area (Å²) >= 11 is 0. The summed E-state index contributed by atoms with van der Waals surface area (Å²) in [5, 5.41) is 3.63. The Balaban J connectivity index is 1.09. The molecule has 5 heteroatoms. The van der Waals surface area contributed by atoms with E-state index < -0.39 is 0 Å². The lowest BCUT2D eigenvalue weighted by Crippen LogP contribution is -2.13. The fraction of sp³-hybridized carbons (Fsp3) is 0. The van der Waals surface area contributed by atoms with Gasteiger partial charge in [0.15, 0.2) is 17.5 Å². The number of benzene rings is 8. The summed E-state index contributed by atoms with van der Waals surface area (Å²) in [6, 6.07) is 70.6. The van der Waals surface area contributed by atoms with Crippen LogP contribution < -0.4 is 4.90 Å². The van der Waals surface area contributed by atoms with Crippen LogP contribution in [0.3, 0.4) is 0 Å². The Morgan fingerprint density at radius 2 is 0.929 bits per heavy atom. The van der Waals surface area contributed by atoms with Crippen LogP contribution in [0, 0.1) is 0 Å². The van der Waals surface area contributed by atoms with Crippen molar-refractivity contribution < 1.29 is 0 Å². The number of rotatable bonds is 5. The van der Waals surface area contributed by atoms with Gasteiger partial charge in [-0.05, 0) is 64.4 Å². The van der Waals surface area contributed by atoms with Gasteiger partial charge >= 0.3 is 0 Å². The van der Waals surface area contributed by atoms with Crippen molar-refractivity contribution in [1.82, 2.24) is 19.5 Å². The average Bonchev–Trinajstić information content (AvgIpc) is 3.60. The van der Waals surface area contributed by atoms with Crippen molar-refractivity contribution in [3.05, 3.63) is 200 Å². The first kappa shape index (κ1) is 31.9. The molecule has 262 valence electrons. The Morgan fingerprint density at radius 1 is 0.357 bits per heavy atom. The lowest BCUT2D eigenvalue weighted by molar-refractivity contribution is 1.07. The summed E-state index contributed by atoms with van der Waals surface area (Å²) < 4.78 is 2.42. The first-order valence-electron chi connectivity index (χ1n) is 18.9. The molecule has 3 heterocycles. The van der Waals surface area contributed by atoms with Gasteiger partial charge in [0.2, 0.25) is 0 Å². The van der Waals surface area contributed by atoms with Crippen molar-refractivity contribution >= 4 is 38.9 Å². The Bertz CT molecular complexity index is 3040. The number of anilines is 3. The van der Waals surface area contributed by atoms with Gasteiger partial charge < -0.3 is 0 Å². The van der Waals surface area contributed by atoms with Gasteiger partial charge in [-0.3, -0.25) is 9.47 Å². The summed E-state index contributed by atoms with van der Waals surface area (Å²) in [6.45, 7) is 0. The van der Waals surface area contributed by atoms with E-state index in [1.54, 1.807) is 0 Å². The third kappa shape index (κ3) is 5.29. The van der Waals surface area contributed by atoms with Crippen LogP contribution in [0.5, 0.6) is 0 Å². The van der Waals surface area contributed by atoms with E-state index in [0.717, 1.165) is 50.7 Å². The molecule has 0 saturated carbocycles. The van der Waals surface area contributed by atoms with Crippen LogP contribution in [-0.4, -0.2) is 19.5 Å². The minimum atomic E-state index is 0.631. The zero-order chi connectivity index (χ0) is 37.0. The summed E-state index contributed by atoms with van der Waals surface area (Å²) in [5.41, 5.74) is 11.9. The minimum absolute atomic E-state index is 0.631. The topological polar surface area (TPSA) is 46.8 Å². The molecule has 0 atom stereocenters. The molecule has 0 N–H and O–H groups in total. The molecule has 0 radical (unpaired) electrons. The second kappa shape index (κ2) is 13.0. The second-order valence-electron chi connectivity index (χ2n) is 14.1. The standard InChI is InChI=1S/C51H33N5/c1-3-16-35(17-4-1)49-52-50(36-18-5-2-6-19-36)54-51(53-49)40-23-13-21-37(31-40)38-22-14-24-41(32-38)55-46-30-29-34-15-7-9-25-42(34)48(46)43-26-10-12-28-45(43)56-44-27-11-8-20-39(44)33-47(55)56/h1-33H. The quantitative estimate of drug-likeness (QED) is 0.178. The highest BCUT2D eigenvalue weighted by Gasteiger charge is 2.29. The van der Waals surface area contributed by atoms with Crippen molar-refractivity contribution in [3.8, 4) is 62.1 Å². The van der Waals surface area contributed by atoms with Crippen molar-refractivity contribution in [2.75, 3.05) is 4.90 Å². The zero-order valence-corrected chi connectivity index (χ0v) is 30.3. The molecule has 0 saturated heterocycles. The van der Waals surface area contributed by atoms with Crippen LogP contribution >= 0.6 is 0 Å². The van der Waals surface area contributed by atoms with Gasteiger partial charge in [0.1, 0.15) is 5.82 Å². The van der Waals surface area contributed by atoms with Gasteiger partial charge in [-0.15, -0.1) is 0 Å². The predicted molar refractivity (Wildman–Crippen MR) is 230 cm³/mol. The van der Waals surface area contributed by atoms with Crippen LogP contribution in [0.1, 0.15) is 0 Å². The van der Waals surface area contributed by atoms with Gasteiger partial charge in [-0.2, -0.15) is 0 Å². The molecule has 1 aliphatic heterocycles. The summed E-state index contributed by atoms with van der Waals surface area (Å²) in [7, 11) is 0. The van der Waals surface area contributed by atoms with Crippen molar-refractivity contribution in [1.29, 1.82) is 0 Å². The van der Waals surface area contributed by atoms with Crippen molar-refractivity contribution in [2.24, 2.45) is 0 Å². The third-order valence-corrected chi connectivity index (χ3v) is 10.7. The Labute approximate surface area is 324 Å². The molecule has 0 unspecified atom stereocenters. The number of fused-ring (bicyclic) bond motifs is 9. The van der Waals surface area contributed by atoms with Crippen LogP contribution in [0.15, 0.2) is 200 Å². The van der Waals surface area contributed by atoms with Gasteiger partial charge in [-0.25, -0.2) is 15.0 Å². The molecule has 0 spiro atoms. The van der Waals surface area contributed by atoms with E-state index in [0.29, 0.717) is 17.5 Å². The Hall–Kier alpha value is -7.63.